The van der Waals surface area contributed by atoms with Crippen molar-refractivity contribution in [1.29, 1.82) is 0 Å². The Balaban J connectivity index is 2.50. The van der Waals surface area contributed by atoms with Crippen LogP contribution in [-0.2, 0) is 31.9 Å². The number of ether oxygens (including phenoxy) is 2. The molecule has 0 aromatic heterocycles. The van der Waals surface area contributed by atoms with Crippen molar-refractivity contribution in [3.8, 4) is 0 Å². The SMILES string of the molecule is C=C1CCC(C(=O)OCC)(C(=O)OCC)Cc2ccccc2C1. The van der Waals surface area contributed by atoms with E-state index in [2.05, 4.69) is 6.58 Å². The summed E-state index contributed by atoms with van der Waals surface area (Å²) in [6.07, 6.45) is 2.07. The van der Waals surface area contributed by atoms with Crippen LogP contribution >= 0.6 is 0 Å². The van der Waals surface area contributed by atoms with Crippen molar-refractivity contribution in [3.05, 3.63) is 47.5 Å². The number of carbonyl (C=O) groups excluding carboxylic acids is 2. The van der Waals surface area contributed by atoms with Gasteiger partial charge in [0, 0.05) is 0 Å². The summed E-state index contributed by atoms with van der Waals surface area (Å²) in [7, 11) is 0. The Morgan fingerprint density at radius 2 is 1.65 bits per heavy atom. The van der Waals surface area contributed by atoms with Crippen LogP contribution in [0.25, 0.3) is 0 Å². The lowest BCUT2D eigenvalue weighted by molar-refractivity contribution is -0.172. The van der Waals surface area contributed by atoms with Crippen molar-refractivity contribution in [1.82, 2.24) is 0 Å². The van der Waals surface area contributed by atoms with Crippen molar-refractivity contribution < 1.29 is 19.1 Å². The van der Waals surface area contributed by atoms with E-state index >= 15 is 0 Å². The molecule has 1 aromatic rings. The van der Waals surface area contributed by atoms with E-state index in [0.29, 0.717) is 19.3 Å². The number of benzene rings is 1. The molecule has 0 spiro atoms. The van der Waals surface area contributed by atoms with Crippen molar-refractivity contribution in [3.63, 3.8) is 0 Å². The van der Waals surface area contributed by atoms with E-state index in [1.54, 1.807) is 13.8 Å². The highest BCUT2D eigenvalue weighted by molar-refractivity contribution is 6.00. The summed E-state index contributed by atoms with van der Waals surface area (Å²) >= 11 is 0. The van der Waals surface area contributed by atoms with E-state index in [0.717, 1.165) is 23.1 Å². The molecule has 1 aromatic carbocycles. The second-order valence-corrected chi connectivity index (χ2v) is 5.90. The molecule has 23 heavy (non-hydrogen) atoms. The maximum atomic E-state index is 12.7. The first-order valence-corrected chi connectivity index (χ1v) is 8.11. The second kappa shape index (κ2) is 7.44. The number of hydrogen-bond acceptors (Lipinski definition) is 4. The Kier molecular flexibility index (Phi) is 5.59. The molecule has 0 saturated carbocycles. The normalized spacial score (nSPS) is 16.7. The molecule has 0 saturated heterocycles. The molecule has 0 N–H and O–H groups in total. The maximum Gasteiger partial charge on any atom is 0.323 e. The Hall–Kier alpha value is -2.10. The number of rotatable bonds is 4. The predicted molar refractivity (Wildman–Crippen MR) is 87.9 cm³/mol. The van der Waals surface area contributed by atoms with E-state index < -0.39 is 17.4 Å². The molecule has 0 fully saturated rings. The van der Waals surface area contributed by atoms with Crippen LogP contribution in [0.5, 0.6) is 0 Å². The summed E-state index contributed by atoms with van der Waals surface area (Å²) in [4.78, 5) is 25.3. The minimum Gasteiger partial charge on any atom is -0.465 e. The molecule has 0 amide bonds. The summed E-state index contributed by atoms with van der Waals surface area (Å²) < 4.78 is 10.5. The molecule has 1 aliphatic carbocycles. The van der Waals surface area contributed by atoms with Crippen LogP contribution in [0.1, 0.15) is 37.8 Å². The Labute approximate surface area is 137 Å². The predicted octanol–water partition coefficient (Wildman–Crippen LogP) is 3.23. The summed E-state index contributed by atoms with van der Waals surface area (Å²) in [6.45, 7) is 8.05. The molecular formula is C19H24O4. The fourth-order valence-corrected chi connectivity index (χ4v) is 3.03. The first-order valence-electron chi connectivity index (χ1n) is 8.11. The Morgan fingerprint density at radius 3 is 2.22 bits per heavy atom. The molecule has 0 radical (unpaired) electrons. The van der Waals surface area contributed by atoms with Crippen molar-refractivity contribution in [2.24, 2.45) is 5.41 Å². The molecule has 4 nitrogen and oxygen atoms in total. The first-order chi connectivity index (χ1) is 11.0. The van der Waals surface area contributed by atoms with Crippen LogP contribution in [0, 0.1) is 5.41 Å². The van der Waals surface area contributed by atoms with Crippen LogP contribution in [-0.4, -0.2) is 25.2 Å². The molecule has 1 aliphatic rings. The first kappa shape index (κ1) is 17.3. The van der Waals surface area contributed by atoms with Crippen molar-refractivity contribution in [2.75, 3.05) is 13.2 Å². The molecule has 0 bridgehead atoms. The van der Waals surface area contributed by atoms with Gasteiger partial charge in [0.25, 0.3) is 0 Å². The van der Waals surface area contributed by atoms with Gasteiger partial charge >= 0.3 is 11.9 Å². The summed E-state index contributed by atoms with van der Waals surface area (Å²) in [6, 6.07) is 7.86. The van der Waals surface area contributed by atoms with E-state index in [1.807, 2.05) is 24.3 Å². The van der Waals surface area contributed by atoms with Gasteiger partial charge in [-0.25, -0.2) is 0 Å². The Bertz CT molecular complexity index is 585. The quantitative estimate of drug-likeness (QED) is 0.486. The lowest BCUT2D eigenvalue weighted by Crippen LogP contribution is -2.44. The Morgan fingerprint density at radius 1 is 1.09 bits per heavy atom. The van der Waals surface area contributed by atoms with Crippen LogP contribution in [0.4, 0.5) is 0 Å². The van der Waals surface area contributed by atoms with E-state index in [4.69, 9.17) is 9.47 Å². The number of esters is 2. The van der Waals surface area contributed by atoms with Gasteiger partial charge in [-0.15, -0.1) is 0 Å². The molecular weight excluding hydrogens is 292 g/mol. The standard InChI is InChI=1S/C19H24O4/c1-4-22-17(20)19(18(21)23-5-2)11-10-14(3)12-15-8-6-7-9-16(15)13-19/h6-9H,3-5,10-13H2,1-2H3. The van der Waals surface area contributed by atoms with Crippen LogP contribution in [0.2, 0.25) is 0 Å². The second-order valence-electron chi connectivity index (χ2n) is 5.90. The van der Waals surface area contributed by atoms with Gasteiger partial charge in [-0.2, -0.15) is 0 Å². The van der Waals surface area contributed by atoms with Gasteiger partial charge < -0.3 is 9.47 Å². The van der Waals surface area contributed by atoms with Gasteiger partial charge in [-0.1, -0.05) is 36.4 Å². The third-order valence-electron chi connectivity index (χ3n) is 4.29. The maximum absolute atomic E-state index is 12.7. The van der Waals surface area contributed by atoms with E-state index in [1.165, 1.54) is 0 Å². The molecule has 0 heterocycles. The van der Waals surface area contributed by atoms with Crippen molar-refractivity contribution in [2.45, 2.75) is 39.5 Å². The number of hydrogen-bond donors (Lipinski definition) is 0. The molecule has 2 rings (SSSR count). The number of fused-ring (bicyclic) bond motifs is 1. The zero-order chi connectivity index (χ0) is 16.9. The topological polar surface area (TPSA) is 52.6 Å². The van der Waals surface area contributed by atoms with E-state index in [-0.39, 0.29) is 13.2 Å². The highest BCUT2D eigenvalue weighted by atomic mass is 16.6. The largest absolute Gasteiger partial charge is 0.465 e. The van der Waals surface area contributed by atoms with Gasteiger partial charge in [-0.05, 0) is 50.7 Å². The number of allylic oxidation sites excluding steroid dienone is 1. The molecule has 4 heteroatoms. The molecule has 0 aliphatic heterocycles. The fraction of sp³-hybridized carbons (Fsp3) is 0.474. The van der Waals surface area contributed by atoms with Crippen molar-refractivity contribution >= 4 is 11.9 Å². The zero-order valence-corrected chi connectivity index (χ0v) is 13.9. The van der Waals surface area contributed by atoms with Crippen LogP contribution < -0.4 is 0 Å². The average Bonchev–Trinajstić information content (AvgIpc) is 2.51. The number of carbonyl (C=O) groups is 2. The van der Waals surface area contributed by atoms with Crippen LogP contribution in [0.15, 0.2) is 36.4 Å². The minimum absolute atomic E-state index is 0.239. The third-order valence-corrected chi connectivity index (χ3v) is 4.29. The van der Waals surface area contributed by atoms with Gasteiger partial charge in [-0.3, -0.25) is 9.59 Å². The summed E-state index contributed by atoms with van der Waals surface area (Å²) in [5.74, 6) is -0.995. The molecule has 0 atom stereocenters. The molecule has 124 valence electrons. The van der Waals surface area contributed by atoms with Gasteiger partial charge in [0.2, 0.25) is 0 Å². The van der Waals surface area contributed by atoms with E-state index in [9.17, 15) is 9.59 Å². The smallest absolute Gasteiger partial charge is 0.323 e. The van der Waals surface area contributed by atoms with Crippen LogP contribution in [0.3, 0.4) is 0 Å². The lowest BCUT2D eigenvalue weighted by atomic mass is 9.73. The monoisotopic (exact) mass is 316 g/mol. The van der Waals surface area contributed by atoms with Gasteiger partial charge in [0.05, 0.1) is 13.2 Å². The highest BCUT2D eigenvalue weighted by Crippen LogP contribution is 2.37. The fourth-order valence-electron chi connectivity index (χ4n) is 3.03. The summed E-state index contributed by atoms with van der Waals surface area (Å²) in [5, 5.41) is 0. The van der Waals surface area contributed by atoms with Gasteiger partial charge in [0.15, 0.2) is 5.41 Å². The summed E-state index contributed by atoms with van der Waals surface area (Å²) in [5.41, 5.74) is 1.81. The lowest BCUT2D eigenvalue weighted by Gasteiger charge is -2.32. The zero-order valence-electron chi connectivity index (χ0n) is 13.9. The van der Waals surface area contributed by atoms with Gasteiger partial charge in [0.1, 0.15) is 0 Å². The third kappa shape index (κ3) is 3.63. The average molecular weight is 316 g/mol. The molecule has 0 unspecified atom stereocenters. The minimum atomic E-state index is -1.29. The highest BCUT2D eigenvalue weighted by Gasteiger charge is 2.49.